The summed E-state index contributed by atoms with van der Waals surface area (Å²) in [6.07, 6.45) is 4.16. The molecule has 1 aliphatic carbocycles. The lowest BCUT2D eigenvalue weighted by Gasteiger charge is -2.26. The lowest BCUT2D eigenvalue weighted by atomic mass is 9.85. The summed E-state index contributed by atoms with van der Waals surface area (Å²) in [6.45, 7) is 0.344. The zero-order chi connectivity index (χ0) is 15.3. The maximum Gasteiger partial charge on any atom is 0.125 e. The number of phenols is 1. The maximum atomic E-state index is 10.4. The van der Waals surface area contributed by atoms with Crippen molar-refractivity contribution in [2.45, 2.75) is 50.2 Å². The lowest BCUT2D eigenvalue weighted by Crippen LogP contribution is -2.29. The summed E-state index contributed by atoms with van der Waals surface area (Å²) in [6, 6.07) is 4.87. The van der Waals surface area contributed by atoms with Gasteiger partial charge in [0.15, 0.2) is 0 Å². The monoisotopic (exact) mass is 289 g/mol. The Labute approximate surface area is 125 Å². The van der Waals surface area contributed by atoms with E-state index in [1.165, 1.54) is 6.07 Å². The van der Waals surface area contributed by atoms with Crippen LogP contribution in [0.3, 0.4) is 0 Å². The van der Waals surface area contributed by atoms with E-state index in [0.29, 0.717) is 36.9 Å². The normalized spacial score (nSPS) is 18.6. The van der Waals surface area contributed by atoms with Gasteiger partial charge in [-0.05, 0) is 56.8 Å². The highest BCUT2D eigenvalue weighted by molar-refractivity contribution is 5.45. The highest BCUT2D eigenvalue weighted by Crippen LogP contribution is 2.29. The molecular formula is C17H23NO3. The second kappa shape index (κ2) is 6.95. The number of benzene rings is 1. The maximum absolute atomic E-state index is 10.4. The van der Waals surface area contributed by atoms with Crippen LogP contribution < -0.4 is 5.73 Å². The average Bonchev–Trinajstić information content (AvgIpc) is 2.47. The Balaban J connectivity index is 2.19. The highest BCUT2D eigenvalue weighted by Gasteiger charge is 2.26. The van der Waals surface area contributed by atoms with Crippen LogP contribution in [0.4, 0.5) is 0 Å². The van der Waals surface area contributed by atoms with E-state index in [1.54, 1.807) is 12.1 Å². The summed E-state index contributed by atoms with van der Waals surface area (Å²) in [4.78, 5) is 0. The molecule has 2 rings (SSSR count). The zero-order valence-electron chi connectivity index (χ0n) is 12.2. The van der Waals surface area contributed by atoms with Crippen LogP contribution in [0.15, 0.2) is 18.2 Å². The molecule has 0 aliphatic heterocycles. The zero-order valence-corrected chi connectivity index (χ0v) is 12.2. The number of aliphatic hydroxyl groups is 2. The van der Waals surface area contributed by atoms with Crippen molar-refractivity contribution in [3.8, 4) is 17.6 Å². The van der Waals surface area contributed by atoms with E-state index in [9.17, 15) is 15.3 Å². The molecule has 21 heavy (non-hydrogen) atoms. The Hall–Kier alpha value is -1.54. The number of aliphatic hydroxyl groups excluding tert-OH is 1. The molecule has 0 radical (unpaired) electrons. The van der Waals surface area contributed by atoms with E-state index in [1.807, 2.05) is 0 Å². The van der Waals surface area contributed by atoms with E-state index < -0.39 is 11.7 Å². The number of nitrogens with two attached hydrogens (primary N) is 1. The van der Waals surface area contributed by atoms with Gasteiger partial charge in [-0.25, -0.2) is 0 Å². The molecule has 1 aromatic carbocycles. The predicted molar refractivity (Wildman–Crippen MR) is 81.7 cm³/mol. The molecule has 0 aromatic heterocycles. The first-order valence-corrected chi connectivity index (χ1v) is 7.51. The molecule has 1 unspecified atom stereocenters. The van der Waals surface area contributed by atoms with Crippen LogP contribution in [0.2, 0.25) is 0 Å². The fourth-order valence-electron chi connectivity index (χ4n) is 2.66. The molecule has 1 saturated carbocycles. The van der Waals surface area contributed by atoms with Crippen molar-refractivity contribution in [3.05, 3.63) is 29.3 Å². The molecule has 0 amide bonds. The van der Waals surface area contributed by atoms with Crippen molar-refractivity contribution in [1.29, 1.82) is 0 Å². The molecule has 1 aromatic rings. The molecule has 114 valence electrons. The van der Waals surface area contributed by atoms with E-state index in [2.05, 4.69) is 11.8 Å². The highest BCUT2D eigenvalue weighted by atomic mass is 16.3. The van der Waals surface area contributed by atoms with Crippen LogP contribution in [-0.4, -0.2) is 27.5 Å². The molecule has 5 N–H and O–H groups in total. The first-order valence-electron chi connectivity index (χ1n) is 7.51. The van der Waals surface area contributed by atoms with E-state index in [0.717, 1.165) is 19.3 Å². The third-order valence-electron chi connectivity index (χ3n) is 3.95. The molecule has 0 spiro atoms. The van der Waals surface area contributed by atoms with Crippen molar-refractivity contribution in [2.24, 2.45) is 5.73 Å². The summed E-state index contributed by atoms with van der Waals surface area (Å²) in [5, 5.41) is 30.1. The van der Waals surface area contributed by atoms with Crippen LogP contribution in [-0.2, 0) is 0 Å². The molecule has 1 fully saturated rings. The number of hydrogen-bond acceptors (Lipinski definition) is 4. The summed E-state index contributed by atoms with van der Waals surface area (Å²) in [7, 11) is 0. The molecule has 1 atom stereocenters. The SMILES string of the molecule is NCCC(O)c1cc(C#CC2(O)CCCCC2)ccc1O. The lowest BCUT2D eigenvalue weighted by molar-refractivity contribution is 0.0610. The average molecular weight is 289 g/mol. The molecule has 1 aliphatic rings. The quantitative estimate of drug-likeness (QED) is 0.639. The van der Waals surface area contributed by atoms with Crippen molar-refractivity contribution in [1.82, 2.24) is 0 Å². The fourth-order valence-corrected chi connectivity index (χ4v) is 2.66. The standard InChI is InChI=1S/C17H23NO3/c18-11-7-16(20)14-12-13(4-5-15(14)19)6-10-17(21)8-2-1-3-9-17/h4-5,12,16,19-21H,1-3,7-9,11,18H2. The van der Waals surface area contributed by atoms with Gasteiger partial charge in [0.2, 0.25) is 0 Å². The third-order valence-corrected chi connectivity index (χ3v) is 3.95. The van der Waals surface area contributed by atoms with Gasteiger partial charge in [0.1, 0.15) is 11.4 Å². The second-order valence-corrected chi connectivity index (χ2v) is 5.71. The Kier molecular flexibility index (Phi) is 5.24. The smallest absolute Gasteiger partial charge is 0.125 e. The third kappa shape index (κ3) is 4.21. The van der Waals surface area contributed by atoms with E-state index in [-0.39, 0.29) is 5.75 Å². The molecular weight excluding hydrogens is 266 g/mol. The van der Waals surface area contributed by atoms with Crippen LogP contribution >= 0.6 is 0 Å². The second-order valence-electron chi connectivity index (χ2n) is 5.71. The van der Waals surface area contributed by atoms with Crippen molar-refractivity contribution < 1.29 is 15.3 Å². The van der Waals surface area contributed by atoms with Gasteiger partial charge in [-0.3, -0.25) is 0 Å². The van der Waals surface area contributed by atoms with Gasteiger partial charge in [-0.2, -0.15) is 0 Å². The van der Waals surface area contributed by atoms with Gasteiger partial charge < -0.3 is 21.1 Å². The van der Waals surface area contributed by atoms with Gasteiger partial charge in [0, 0.05) is 11.1 Å². The minimum atomic E-state index is -0.897. The predicted octanol–water partition coefficient (Wildman–Crippen LogP) is 1.82. The molecule has 4 nitrogen and oxygen atoms in total. The van der Waals surface area contributed by atoms with Crippen molar-refractivity contribution >= 4 is 0 Å². The van der Waals surface area contributed by atoms with Crippen molar-refractivity contribution in [3.63, 3.8) is 0 Å². The van der Waals surface area contributed by atoms with Gasteiger partial charge in [-0.1, -0.05) is 18.3 Å². The fraction of sp³-hybridized carbons (Fsp3) is 0.529. The molecule has 0 saturated heterocycles. The minimum Gasteiger partial charge on any atom is -0.508 e. The largest absolute Gasteiger partial charge is 0.508 e. The number of hydrogen-bond donors (Lipinski definition) is 4. The van der Waals surface area contributed by atoms with Crippen molar-refractivity contribution in [2.75, 3.05) is 6.54 Å². The Morgan fingerprint density at radius 3 is 2.62 bits per heavy atom. The summed E-state index contributed by atoms with van der Waals surface area (Å²) < 4.78 is 0. The Morgan fingerprint density at radius 2 is 1.95 bits per heavy atom. The minimum absolute atomic E-state index is 0.0397. The summed E-state index contributed by atoms with van der Waals surface area (Å²) >= 11 is 0. The van der Waals surface area contributed by atoms with Crippen LogP contribution in [0.5, 0.6) is 5.75 Å². The number of aromatic hydroxyl groups is 1. The van der Waals surface area contributed by atoms with Crippen LogP contribution in [0.1, 0.15) is 55.8 Å². The number of phenolic OH excluding ortho intramolecular Hbond substituents is 1. The number of rotatable bonds is 3. The van der Waals surface area contributed by atoms with Gasteiger partial charge in [0.25, 0.3) is 0 Å². The Morgan fingerprint density at radius 1 is 1.24 bits per heavy atom. The van der Waals surface area contributed by atoms with Crippen LogP contribution in [0.25, 0.3) is 0 Å². The first-order chi connectivity index (χ1) is 10.0. The topological polar surface area (TPSA) is 86.7 Å². The van der Waals surface area contributed by atoms with E-state index in [4.69, 9.17) is 5.73 Å². The van der Waals surface area contributed by atoms with E-state index >= 15 is 0 Å². The Bertz CT molecular complexity index is 539. The summed E-state index contributed by atoms with van der Waals surface area (Å²) in [5.41, 5.74) is 5.64. The summed E-state index contributed by atoms with van der Waals surface area (Å²) in [5.74, 6) is 5.96. The first kappa shape index (κ1) is 15.8. The van der Waals surface area contributed by atoms with Gasteiger partial charge in [-0.15, -0.1) is 0 Å². The van der Waals surface area contributed by atoms with Crippen LogP contribution in [0, 0.1) is 11.8 Å². The molecule has 0 heterocycles. The molecule has 4 heteroatoms. The van der Waals surface area contributed by atoms with Gasteiger partial charge >= 0.3 is 0 Å². The molecule has 0 bridgehead atoms. The van der Waals surface area contributed by atoms with Gasteiger partial charge in [0.05, 0.1) is 6.10 Å².